The van der Waals surface area contributed by atoms with Gasteiger partial charge in [0.15, 0.2) is 0 Å². The van der Waals surface area contributed by atoms with Crippen LogP contribution in [0.25, 0.3) is 0 Å². The van der Waals surface area contributed by atoms with Crippen molar-refractivity contribution in [1.82, 2.24) is 0 Å². The van der Waals surface area contributed by atoms with Crippen LogP contribution in [0.15, 0.2) is 60.7 Å². The molecule has 0 N–H and O–H groups in total. The minimum Gasteiger partial charge on any atom is -0.460 e. The molecule has 28 heavy (non-hydrogen) atoms. The third kappa shape index (κ3) is 3.94. The fourth-order valence-corrected chi connectivity index (χ4v) is 8.90. The van der Waals surface area contributed by atoms with Gasteiger partial charge in [-0.05, 0) is 21.3 Å². The first-order chi connectivity index (χ1) is 13.3. The maximum atomic E-state index is 12.2. The SMILES string of the molecule is CC(C)[C@@H]1C[C@@H](CO[Si](c2ccccc2)(c2ccccc2)C(C)(C)C)OC1=O. The first kappa shape index (κ1) is 20.8. The molecule has 1 heterocycles. The van der Waals surface area contributed by atoms with Gasteiger partial charge in [0, 0.05) is 6.42 Å². The number of carbonyl (C=O) groups is 1. The van der Waals surface area contributed by atoms with Crippen molar-refractivity contribution in [2.45, 2.75) is 52.2 Å². The Labute approximate surface area is 170 Å². The van der Waals surface area contributed by atoms with E-state index in [0.29, 0.717) is 12.5 Å². The molecule has 1 aliphatic heterocycles. The van der Waals surface area contributed by atoms with E-state index < -0.39 is 8.32 Å². The summed E-state index contributed by atoms with van der Waals surface area (Å²) in [6.07, 6.45) is 0.580. The average Bonchev–Trinajstić information content (AvgIpc) is 3.04. The van der Waals surface area contributed by atoms with Gasteiger partial charge in [0.05, 0.1) is 12.5 Å². The number of cyclic esters (lactones) is 1. The van der Waals surface area contributed by atoms with Gasteiger partial charge in [0.25, 0.3) is 8.32 Å². The summed E-state index contributed by atoms with van der Waals surface area (Å²) in [6, 6.07) is 21.1. The molecule has 3 rings (SSSR count). The topological polar surface area (TPSA) is 35.5 Å². The van der Waals surface area contributed by atoms with Crippen LogP contribution in [-0.4, -0.2) is 27.0 Å². The summed E-state index contributed by atoms with van der Waals surface area (Å²) in [5, 5.41) is 2.42. The second-order valence-electron chi connectivity index (χ2n) is 9.12. The minimum absolute atomic E-state index is 0.0206. The zero-order valence-corrected chi connectivity index (χ0v) is 18.6. The Morgan fingerprint density at radius 1 is 1.00 bits per heavy atom. The van der Waals surface area contributed by atoms with Gasteiger partial charge < -0.3 is 9.16 Å². The summed E-state index contributed by atoms with van der Waals surface area (Å²) in [5.74, 6) is 0.198. The van der Waals surface area contributed by atoms with Gasteiger partial charge in [-0.25, -0.2) is 0 Å². The molecular formula is C24H32O3Si. The highest BCUT2D eigenvalue weighted by Crippen LogP contribution is 2.37. The number of esters is 1. The molecule has 2 aromatic carbocycles. The highest BCUT2D eigenvalue weighted by Gasteiger charge is 2.51. The van der Waals surface area contributed by atoms with E-state index in [9.17, 15) is 4.79 Å². The van der Waals surface area contributed by atoms with Gasteiger partial charge in [-0.15, -0.1) is 0 Å². The largest absolute Gasteiger partial charge is 0.460 e. The highest BCUT2D eigenvalue weighted by atomic mass is 28.4. The zero-order chi connectivity index (χ0) is 20.4. The standard InChI is InChI=1S/C24H32O3Si/c1-18(2)22-16-19(27-23(22)25)17-26-28(24(3,4)5,20-12-8-6-9-13-20)21-14-10-7-11-15-21/h6-15,18-19,22H,16-17H2,1-5H3/t19-,22-/m0/s1. The van der Waals surface area contributed by atoms with Crippen LogP contribution in [0.3, 0.4) is 0 Å². The quantitative estimate of drug-likeness (QED) is 0.543. The Morgan fingerprint density at radius 3 is 1.89 bits per heavy atom. The van der Waals surface area contributed by atoms with E-state index >= 15 is 0 Å². The predicted molar refractivity (Wildman–Crippen MR) is 116 cm³/mol. The van der Waals surface area contributed by atoms with Crippen LogP contribution < -0.4 is 10.4 Å². The molecule has 0 saturated carbocycles. The van der Waals surface area contributed by atoms with Gasteiger partial charge >= 0.3 is 5.97 Å². The molecule has 0 aromatic heterocycles. The fraction of sp³-hybridized carbons (Fsp3) is 0.458. The third-order valence-corrected chi connectivity index (χ3v) is 10.8. The van der Waals surface area contributed by atoms with Crippen molar-refractivity contribution in [3.8, 4) is 0 Å². The molecule has 2 atom stereocenters. The average molecular weight is 397 g/mol. The first-order valence-corrected chi connectivity index (χ1v) is 12.1. The van der Waals surface area contributed by atoms with Crippen LogP contribution in [0.5, 0.6) is 0 Å². The van der Waals surface area contributed by atoms with Crippen LogP contribution in [0.2, 0.25) is 5.04 Å². The predicted octanol–water partition coefficient (Wildman–Crippen LogP) is 4.15. The number of hydrogen-bond acceptors (Lipinski definition) is 3. The lowest BCUT2D eigenvalue weighted by Crippen LogP contribution is -2.67. The summed E-state index contributed by atoms with van der Waals surface area (Å²) in [4.78, 5) is 12.2. The molecule has 1 aliphatic rings. The minimum atomic E-state index is -2.58. The molecule has 0 amide bonds. The van der Waals surface area contributed by atoms with Crippen molar-refractivity contribution in [3.05, 3.63) is 60.7 Å². The van der Waals surface area contributed by atoms with Crippen molar-refractivity contribution in [1.29, 1.82) is 0 Å². The lowest BCUT2D eigenvalue weighted by atomic mass is 9.93. The molecule has 0 unspecified atom stereocenters. The Balaban J connectivity index is 1.97. The number of benzene rings is 2. The molecular weight excluding hydrogens is 364 g/mol. The number of ether oxygens (including phenoxy) is 1. The Kier molecular flexibility index (Phi) is 6.11. The lowest BCUT2D eigenvalue weighted by molar-refractivity contribution is -0.146. The monoisotopic (exact) mass is 396 g/mol. The van der Waals surface area contributed by atoms with Crippen LogP contribution >= 0.6 is 0 Å². The maximum Gasteiger partial charge on any atom is 0.309 e. The Morgan fingerprint density at radius 2 is 1.50 bits per heavy atom. The summed E-state index contributed by atoms with van der Waals surface area (Å²) in [5.41, 5.74) is 0. The van der Waals surface area contributed by atoms with Crippen LogP contribution in [-0.2, 0) is 14.0 Å². The summed E-state index contributed by atoms with van der Waals surface area (Å²) < 4.78 is 12.6. The van der Waals surface area contributed by atoms with E-state index in [1.54, 1.807) is 0 Å². The van der Waals surface area contributed by atoms with Gasteiger partial charge in [-0.3, -0.25) is 4.79 Å². The number of rotatable bonds is 6. The smallest absolute Gasteiger partial charge is 0.309 e. The summed E-state index contributed by atoms with van der Waals surface area (Å²) in [7, 11) is -2.58. The molecule has 0 aliphatic carbocycles. The summed E-state index contributed by atoms with van der Waals surface area (Å²) in [6.45, 7) is 11.4. The Hall–Kier alpha value is -1.91. The fourth-order valence-electron chi connectivity index (χ4n) is 4.31. The molecule has 3 nitrogen and oxygen atoms in total. The van der Waals surface area contributed by atoms with E-state index in [0.717, 1.165) is 6.42 Å². The second kappa shape index (κ2) is 8.22. The van der Waals surface area contributed by atoms with Gasteiger partial charge in [0.1, 0.15) is 6.10 Å². The van der Waals surface area contributed by atoms with Crippen molar-refractivity contribution >= 4 is 24.7 Å². The summed E-state index contributed by atoms with van der Waals surface area (Å²) >= 11 is 0. The van der Waals surface area contributed by atoms with Gasteiger partial charge in [-0.2, -0.15) is 0 Å². The normalized spacial score (nSPS) is 20.4. The van der Waals surface area contributed by atoms with E-state index in [2.05, 4.69) is 83.1 Å². The third-order valence-electron chi connectivity index (χ3n) is 5.81. The molecule has 0 bridgehead atoms. The van der Waals surface area contributed by atoms with Crippen molar-refractivity contribution in [2.75, 3.05) is 6.61 Å². The highest BCUT2D eigenvalue weighted by molar-refractivity contribution is 6.99. The van der Waals surface area contributed by atoms with Crippen LogP contribution in [0, 0.1) is 11.8 Å². The second-order valence-corrected chi connectivity index (χ2v) is 13.4. The molecule has 150 valence electrons. The van der Waals surface area contributed by atoms with Crippen LogP contribution in [0.4, 0.5) is 0 Å². The molecule has 1 saturated heterocycles. The molecule has 0 spiro atoms. The van der Waals surface area contributed by atoms with Gasteiger partial charge in [0.2, 0.25) is 0 Å². The van der Waals surface area contributed by atoms with E-state index in [1.807, 2.05) is 12.1 Å². The maximum absolute atomic E-state index is 12.2. The first-order valence-electron chi connectivity index (χ1n) is 10.2. The molecule has 2 aromatic rings. The van der Waals surface area contributed by atoms with Gasteiger partial charge in [-0.1, -0.05) is 95.3 Å². The lowest BCUT2D eigenvalue weighted by Gasteiger charge is -2.43. The van der Waals surface area contributed by atoms with E-state index in [4.69, 9.17) is 9.16 Å². The van der Waals surface area contributed by atoms with E-state index in [-0.39, 0.29) is 23.0 Å². The molecule has 0 radical (unpaired) electrons. The molecule has 1 fully saturated rings. The number of hydrogen-bond donors (Lipinski definition) is 0. The zero-order valence-electron chi connectivity index (χ0n) is 17.6. The Bertz CT molecular complexity index is 741. The van der Waals surface area contributed by atoms with Crippen molar-refractivity contribution < 1.29 is 14.0 Å². The van der Waals surface area contributed by atoms with Crippen molar-refractivity contribution in [2.24, 2.45) is 11.8 Å². The van der Waals surface area contributed by atoms with Crippen molar-refractivity contribution in [3.63, 3.8) is 0 Å². The number of carbonyl (C=O) groups excluding carboxylic acids is 1. The van der Waals surface area contributed by atoms with Crippen LogP contribution in [0.1, 0.15) is 41.0 Å². The van der Waals surface area contributed by atoms with E-state index in [1.165, 1.54) is 10.4 Å². The molecule has 4 heteroatoms.